The highest BCUT2D eigenvalue weighted by atomic mass is 16.6. The van der Waals surface area contributed by atoms with Crippen LogP contribution in [0.2, 0.25) is 0 Å². The van der Waals surface area contributed by atoms with Gasteiger partial charge in [-0.15, -0.1) is 0 Å². The molecular weight excluding hydrogens is 985 g/mol. The Kier molecular flexibility index (Phi) is 66.1. The maximum Gasteiger partial charge on any atom is 0.306 e. The third kappa shape index (κ3) is 65.9. The number of unbranched alkanes of at least 4 members (excludes halogenated alkanes) is 44. The lowest BCUT2D eigenvalue weighted by molar-refractivity contribution is -0.167. The summed E-state index contributed by atoms with van der Waals surface area (Å²) in [5.74, 6) is -0.850. The zero-order chi connectivity index (χ0) is 57.8. The van der Waals surface area contributed by atoms with E-state index in [2.05, 4.69) is 81.5 Å². The van der Waals surface area contributed by atoms with Crippen LogP contribution in [0.1, 0.15) is 374 Å². The Morgan fingerprint density at radius 2 is 0.487 bits per heavy atom. The number of hydrogen-bond donors (Lipinski definition) is 0. The second kappa shape index (κ2) is 68.6. The second-order valence-corrected chi connectivity index (χ2v) is 23.8. The standard InChI is InChI=1S/C74H134O6/c1-4-7-10-13-16-19-21-23-25-27-29-31-33-35-36-37-38-40-41-43-45-47-49-51-53-55-58-61-64-67-73(76)79-70-71(69-78-72(75)66-63-60-57-18-15-12-9-6-3)80-74(77)68-65-62-59-56-54-52-50-48-46-44-42-39-34-32-30-28-26-24-22-20-17-14-11-8-5-2/h7,10,16,19,23,25,29,31,35-36,71H,4-6,8-9,11-15,17-18,20-22,24,26-28,30,32-34,37-70H2,1-3H3/b10-7-,19-16-,25-23-,31-29-,36-35-. The molecule has 0 amide bonds. The fourth-order valence-electron chi connectivity index (χ4n) is 10.5. The van der Waals surface area contributed by atoms with Crippen molar-refractivity contribution in [1.29, 1.82) is 0 Å². The number of ether oxygens (including phenoxy) is 3. The Hall–Kier alpha value is -2.89. The first kappa shape index (κ1) is 77.1. The van der Waals surface area contributed by atoms with Crippen molar-refractivity contribution in [3.63, 3.8) is 0 Å². The Morgan fingerprint density at radius 3 is 0.762 bits per heavy atom. The zero-order valence-corrected chi connectivity index (χ0v) is 53.6. The van der Waals surface area contributed by atoms with Gasteiger partial charge in [0.2, 0.25) is 0 Å². The second-order valence-electron chi connectivity index (χ2n) is 23.8. The molecule has 0 fully saturated rings. The smallest absolute Gasteiger partial charge is 0.306 e. The van der Waals surface area contributed by atoms with Gasteiger partial charge in [0.15, 0.2) is 6.10 Å². The summed E-state index contributed by atoms with van der Waals surface area (Å²) >= 11 is 0. The normalized spacial score (nSPS) is 12.4. The summed E-state index contributed by atoms with van der Waals surface area (Å²) in [6, 6.07) is 0. The van der Waals surface area contributed by atoms with Crippen LogP contribution in [-0.2, 0) is 28.6 Å². The van der Waals surface area contributed by atoms with Crippen LogP contribution in [0.3, 0.4) is 0 Å². The first-order valence-electron chi connectivity index (χ1n) is 35.3. The van der Waals surface area contributed by atoms with Crippen LogP contribution in [0.4, 0.5) is 0 Å². The fraction of sp³-hybridized carbons (Fsp3) is 0.824. The van der Waals surface area contributed by atoms with Crippen LogP contribution in [0.15, 0.2) is 60.8 Å². The van der Waals surface area contributed by atoms with Gasteiger partial charge < -0.3 is 14.2 Å². The van der Waals surface area contributed by atoms with Crippen molar-refractivity contribution in [3.05, 3.63) is 60.8 Å². The number of carbonyl (C=O) groups is 3. The molecule has 466 valence electrons. The van der Waals surface area contributed by atoms with Gasteiger partial charge in [0.05, 0.1) is 0 Å². The van der Waals surface area contributed by atoms with Crippen LogP contribution < -0.4 is 0 Å². The molecule has 0 aromatic rings. The van der Waals surface area contributed by atoms with Gasteiger partial charge in [-0.05, 0) is 64.2 Å². The predicted molar refractivity (Wildman–Crippen MR) is 348 cm³/mol. The van der Waals surface area contributed by atoms with E-state index in [4.69, 9.17) is 14.2 Å². The maximum atomic E-state index is 12.9. The summed E-state index contributed by atoms with van der Waals surface area (Å²) in [5, 5.41) is 0. The summed E-state index contributed by atoms with van der Waals surface area (Å²) in [6.45, 7) is 6.56. The largest absolute Gasteiger partial charge is 0.462 e. The van der Waals surface area contributed by atoms with Gasteiger partial charge >= 0.3 is 17.9 Å². The zero-order valence-electron chi connectivity index (χ0n) is 53.6. The van der Waals surface area contributed by atoms with Gasteiger partial charge in [-0.25, -0.2) is 0 Å². The van der Waals surface area contributed by atoms with E-state index >= 15 is 0 Å². The molecule has 0 saturated carbocycles. The van der Waals surface area contributed by atoms with Crippen molar-refractivity contribution in [2.45, 2.75) is 380 Å². The summed E-state index contributed by atoms with van der Waals surface area (Å²) in [7, 11) is 0. The SMILES string of the molecule is CC/C=C\C/C=C\C/C=C\C/C=C\C/C=C\CCCCCCCCCCCCCCCC(=O)OCC(COC(=O)CCCCCCCCCC)OC(=O)CCCCCCCCCCCCCCCCCCCCCCCCCCC. The molecule has 0 aliphatic carbocycles. The first-order valence-corrected chi connectivity index (χ1v) is 35.3. The third-order valence-electron chi connectivity index (χ3n) is 15.8. The molecule has 6 nitrogen and oxygen atoms in total. The molecular formula is C74H134O6. The topological polar surface area (TPSA) is 78.9 Å². The minimum atomic E-state index is -0.770. The molecule has 80 heavy (non-hydrogen) atoms. The molecule has 0 aromatic heterocycles. The Morgan fingerprint density at radius 1 is 0.263 bits per heavy atom. The molecule has 0 spiro atoms. The molecule has 0 aliphatic heterocycles. The number of esters is 3. The monoisotopic (exact) mass is 1120 g/mol. The maximum absolute atomic E-state index is 12.9. The van der Waals surface area contributed by atoms with Crippen molar-refractivity contribution < 1.29 is 28.6 Å². The van der Waals surface area contributed by atoms with Gasteiger partial charge in [0.25, 0.3) is 0 Å². The van der Waals surface area contributed by atoms with Crippen molar-refractivity contribution in [2.24, 2.45) is 0 Å². The number of allylic oxidation sites excluding steroid dienone is 10. The van der Waals surface area contributed by atoms with Gasteiger partial charge in [0.1, 0.15) is 13.2 Å². The summed E-state index contributed by atoms with van der Waals surface area (Å²) < 4.78 is 16.9. The fourth-order valence-corrected chi connectivity index (χ4v) is 10.5. The molecule has 0 N–H and O–H groups in total. The summed E-state index contributed by atoms with van der Waals surface area (Å²) in [6.07, 6.45) is 88.5. The molecule has 0 radical (unpaired) electrons. The quantitative estimate of drug-likeness (QED) is 0.0261. The predicted octanol–water partition coefficient (Wildman–Crippen LogP) is 24.3. The first-order chi connectivity index (χ1) is 39.5. The Bertz CT molecular complexity index is 1430. The number of carbonyl (C=O) groups excluding carboxylic acids is 3. The lowest BCUT2D eigenvalue weighted by Gasteiger charge is -2.18. The van der Waals surface area contributed by atoms with Crippen molar-refractivity contribution in [1.82, 2.24) is 0 Å². The van der Waals surface area contributed by atoms with Gasteiger partial charge in [-0.1, -0.05) is 351 Å². The van der Waals surface area contributed by atoms with E-state index in [1.165, 1.54) is 244 Å². The van der Waals surface area contributed by atoms with Gasteiger partial charge in [-0.2, -0.15) is 0 Å². The molecule has 0 bridgehead atoms. The molecule has 0 saturated heterocycles. The Balaban J connectivity index is 4.08. The third-order valence-corrected chi connectivity index (χ3v) is 15.8. The number of hydrogen-bond acceptors (Lipinski definition) is 6. The van der Waals surface area contributed by atoms with Gasteiger partial charge in [0, 0.05) is 19.3 Å². The minimum absolute atomic E-state index is 0.0687. The van der Waals surface area contributed by atoms with Crippen LogP contribution in [-0.4, -0.2) is 37.2 Å². The molecule has 0 rings (SSSR count). The highest BCUT2D eigenvalue weighted by molar-refractivity contribution is 5.71. The lowest BCUT2D eigenvalue weighted by atomic mass is 10.0. The van der Waals surface area contributed by atoms with E-state index in [0.717, 1.165) is 89.9 Å². The molecule has 0 heterocycles. The van der Waals surface area contributed by atoms with Crippen molar-refractivity contribution in [3.8, 4) is 0 Å². The van der Waals surface area contributed by atoms with Crippen LogP contribution in [0, 0.1) is 0 Å². The van der Waals surface area contributed by atoms with E-state index in [-0.39, 0.29) is 31.1 Å². The molecule has 1 atom stereocenters. The average molecular weight is 1120 g/mol. The minimum Gasteiger partial charge on any atom is -0.462 e. The average Bonchev–Trinajstić information content (AvgIpc) is 3.46. The van der Waals surface area contributed by atoms with E-state index in [0.29, 0.717) is 19.3 Å². The van der Waals surface area contributed by atoms with E-state index in [1.54, 1.807) is 0 Å². The van der Waals surface area contributed by atoms with E-state index in [1.807, 2.05) is 0 Å². The van der Waals surface area contributed by atoms with Gasteiger partial charge in [-0.3, -0.25) is 14.4 Å². The lowest BCUT2D eigenvalue weighted by Crippen LogP contribution is -2.30. The molecule has 6 heteroatoms. The van der Waals surface area contributed by atoms with Crippen LogP contribution >= 0.6 is 0 Å². The van der Waals surface area contributed by atoms with Crippen molar-refractivity contribution in [2.75, 3.05) is 13.2 Å². The highest BCUT2D eigenvalue weighted by Crippen LogP contribution is 2.18. The van der Waals surface area contributed by atoms with Crippen LogP contribution in [0.25, 0.3) is 0 Å². The molecule has 1 unspecified atom stereocenters. The van der Waals surface area contributed by atoms with E-state index in [9.17, 15) is 14.4 Å². The number of rotatable bonds is 65. The molecule has 0 aliphatic rings. The van der Waals surface area contributed by atoms with Crippen molar-refractivity contribution >= 4 is 17.9 Å². The summed E-state index contributed by atoms with van der Waals surface area (Å²) in [5.41, 5.74) is 0. The van der Waals surface area contributed by atoms with Crippen LogP contribution in [0.5, 0.6) is 0 Å². The van der Waals surface area contributed by atoms with E-state index < -0.39 is 6.10 Å². The summed E-state index contributed by atoms with van der Waals surface area (Å²) in [4.78, 5) is 38.2. The molecule has 0 aromatic carbocycles. The highest BCUT2D eigenvalue weighted by Gasteiger charge is 2.19. The Labute approximate surface area is 498 Å².